The number of carbonyl (C=O) groups is 1. The minimum absolute atomic E-state index is 0.0159. The fourth-order valence-electron chi connectivity index (χ4n) is 3.23. The van der Waals surface area contributed by atoms with Crippen LogP contribution in [0.25, 0.3) is 0 Å². The molecule has 2 aliphatic rings. The summed E-state index contributed by atoms with van der Waals surface area (Å²) in [5, 5.41) is 0. The molecule has 2 aliphatic carbocycles. The molecule has 0 aromatic heterocycles. The van der Waals surface area contributed by atoms with E-state index in [-0.39, 0.29) is 5.41 Å². The summed E-state index contributed by atoms with van der Waals surface area (Å²) in [6, 6.07) is 0. The van der Waals surface area contributed by atoms with Crippen LogP contribution in [0.2, 0.25) is 0 Å². The van der Waals surface area contributed by atoms with Crippen molar-refractivity contribution in [1.82, 2.24) is 0 Å². The van der Waals surface area contributed by atoms with Crippen LogP contribution in [0.5, 0.6) is 0 Å². The fraction of sp³-hybridized carbons (Fsp3) is 0.917. The van der Waals surface area contributed by atoms with Crippen molar-refractivity contribution < 1.29 is 4.79 Å². The van der Waals surface area contributed by atoms with Crippen molar-refractivity contribution in [3.8, 4) is 0 Å². The van der Waals surface area contributed by atoms with Gasteiger partial charge < -0.3 is 0 Å². The van der Waals surface area contributed by atoms with Gasteiger partial charge >= 0.3 is 0 Å². The summed E-state index contributed by atoms with van der Waals surface area (Å²) in [6.07, 6.45) is 7.82. The van der Waals surface area contributed by atoms with Gasteiger partial charge in [-0.25, -0.2) is 0 Å². The predicted octanol–water partition coefficient (Wildman–Crippen LogP) is 3.18. The summed E-state index contributed by atoms with van der Waals surface area (Å²) in [5.41, 5.74) is 0.0159. The predicted molar refractivity (Wildman–Crippen MR) is 53.5 cm³/mol. The maximum atomic E-state index is 11.8. The fourth-order valence-corrected chi connectivity index (χ4v) is 3.23. The van der Waals surface area contributed by atoms with Crippen molar-refractivity contribution in [2.45, 2.75) is 52.4 Å². The van der Waals surface area contributed by atoms with Crippen molar-refractivity contribution in [1.29, 1.82) is 0 Å². The molecule has 0 aromatic rings. The van der Waals surface area contributed by atoms with Gasteiger partial charge in [0.1, 0.15) is 5.78 Å². The summed E-state index contributed by atoms with van der Waals surface area (Å²) in [5.74, 6) is 1.69. The molecule has 74 valence electrons. The third-order valence-electron chi connectivity index (χ3n) is 4.16. The van der Waals surface area contributed by atoms with Crippen LogP contribution in [0.15, 0.2) is 0 Å². The average Bonchev–Trinajstić information content (AvgIpc) is 2.03. The van der Waals surface area contributed by atoms with Crippen molar-refractivity contribution in [3.05, 3.63) is 0 Å². The first kappa shape index (κ1) is 9.23. The summed E-state index contributed by atoms with van der Waals surface area (Å²) < 4.78 is 0. The van der Waals surface area contributed by atoms with Crippen LogP contribution >= 0.6 is 0 Å². The van der Waals surface area contributed by atoms with Crippen LogP contribution in [0.4, 0.5) is 0 Å². The zero-order valence-corrected chi connectivity index (χ0v) is 8.81. The van der Waals surface area contributed by atoms with Crippen LogP contribution in [0.3, 0.4) is 0 Å². The van der Waals surface area contributed by atoms with Crippen LogP contribution in [-0.2, 0) is 4.79 Å². The molecule has 0 radical (unpaired) electrons. The van der Waals surface area contributed by atoms with E-state index in [0.29, 0.717) is 17.6 Å². The van der Waals surface area contributed by atoms with Gasteiger partial charge in [0.25, 0.3) is 0 Å². The number of hydrogen-bond acceptors (Lipinski definition) is 1. The standard InChI is InChI=1S/C12H20O/c1-12(2)10-8-6-4-3-5-7-9(10)11(12)13/h9-10H,3-8H2,1-2H3. The Labute approximate surface area is 80.9 Å². The first-order valence-electron chi connectivity index (χ1n) is 5.68. The highest BCUT2D eigenvalue weighted by Gasteiger charge is 2.54. The highest BCUT2D eigenvalue weighted by atomic mass is 16.1. The topological polar surface area (TPSA) is 17.1 Å². The summed E-state index contributed by atoms with van der Waals surface area (Å²) >= 11 is 0. The molecule has 1 nitrogen and oxygen atoms in total. The Kier molecular flexibility index (Phi) is 2.21. The lowest BCUT2D eigenvalue weighted by Crippen LogP contribution is -2.54. The maximum absolute atomic E-state index is 11.8. The Morgan fingerprint density at radius 3 is 2.38 bits per heavy atom. The molecule has 2 rings (SSSR count). The largest absolute Gasteiger partial charge is 0.299 e. The lowest BCUT2D eigenvalue weighted by atomic mass is 9.51. The molecule has 2 saturated carbocycles. The van der Waals surface area contributed by atoms with Gasteiger partial charge in [-0.1, -0.05) is 39.5 Å². The van der Waals surface area contributed by atoms with Gasteiger partial charge in [-0.2, -0.15) is 0 Å². The summed E-state index contributed by atoms with van der Waals surface area (Å²) in [7, 11) is 0. The van der Waals surface area contributed by atoms with Crippen LogP contribution in [0, 0.1) is 17.3 Å². The molecule has 0 amide bonds. The second-order valence-electron chi connectivity index (χ2n) is 5.29. The molecular weight excluding hydrogens is 160 g/mol. The zero-order chi connectivity index (χ0) is 9.47. The highest BCUT2D eigenvalue weighted by molar-refractivity contribution is 5.93. The Hall–Kier alpha value is -0.330. The van der Waals surface area contributed by atoms with Crippen molar-refractivity contribution in [2.24, 2.45) is 17.3 Å². The lowest BCUT2D eigenvalue weighted by Gasteiger charge is -2.50. The average molecular weight is 180 g/mol. The van der Waals surface area contributed by atoms with Gasteiger partial charge in [-0.3, -0.25) is 4.79 Å². The quantitative estimate of drug-likeness (QED) is 0.559. The number of fused-ring (bicyclic) bond motifs is 1. The van der Waals surface area contributed by atoms with E-state index in [4.69, 9.17) is 0 Å². The lowest BCUT2D eigenvalue weighted by molar-refractivity contribution is -0.155. The van der Waals surface area contributed by atoms with Gasteiger partial charge in [0, 0.05) is 11.3 Å². The van der Waals surface area contributed by atoms with Crippen LogP contribution in [-0.4, -0.2) is 5.78 Å². The molecule has 0 heterocycles. The Morgan fingerprint density at radius 1 is 1.08 bits per heavy atom. The van der Waals surface area contributed by atoms with E-state index >= 15 is 0 Å². The molecule has 0 bridgehead atoms. The molecular formula is C12H20O. The van der Waals surface area contributed by atoms with E-state index in [1.807, 2.05) is 0 Å². The Morgan fingerprint density at radius 2 is 1.69 bits per heavy atom. The second-order valence-corrected chi connectivity index (χ2v) is 5.29. The molecule has 0 N–H and O–H groups in total. The van der Waals surface area contributed by atoms with Crippen molar-refractivity contribution in [2.75, 3.05) is 0 Å². The molecule has 13 heavy (non-hydrogen) atoms. The molecule has 0 spiro atoms. The second kappa shape index (κ2) is 3.11. The molecule has 0 aliphatic heterocycles. The number of ketones is 1. The molecule has 2 unspecified atom stereocenters. The van der Waals surface area contributed by atoms with Crippen molar-refractivity contribution in [3.63, 3.8) is 0 Å². The molecule has 0 aromatic carbocycles. The zero-order valence-electron chi connectivity index (χ0n) is 8.81. The van der Waals surface area contributed by atoms with E-state index in [0.717, 1.165) is 0 Å². The normalized spacial score (nSPS) is 38.5. The highest BCUT2D eigenvalue weighted by Crippen LogP contribution is 2.52. The smallest absolute Gasteiger partial charge is 0.142 e. The number of carbonyl (C=O) groups excluding carboxylic acids is 1. The maximum Gasteiger partial charge on any atom is 0.142 e. The number of hydrogen-bond donors (Lipinski definition) is 0. The van der Waals surface area contributed by atoms with Gasteiger partial charge in [-0.05, 0) is 18.8 Å². The Bertz CT molecular complexity index is 217. The first-order valence-corrected chi connectivity index (χ1v) is 5.68. The monoisotopic (exact) mass is 180 g/mol. The first-order chi connectivity index (χ1) is 6.14. The SMILES string of the molecule is CC1(C)C(=O)C2CCCCCCC21. The van der Waals surface area contributed by atoms with Gasteiger partial charge in [-0.15, -0.1) is 0 Å². The number of Topliss-reactive ketones (excluding diaryl/α,β-unsaturated/α-hetero) is 1. The third kappa shape index (κ3) is 1.33. The van der Waals surface area contributed by atoms with Crippen molar-refractivity contribution >= 4 is 5.78 Å². The summed E-state index contributed by atoms with van der Waals surface area (Å²) in [4.78, 5) is 11.8. The van der Waals surface area contributed by atoms with Gasteiger partial charge in [0.05, 0.1) is 0 Å². The third-order valence-corrected chi connectivity index (χ3v) is 4.16. The molecule has 1 heteroatoms. The Balaban J connectivity index is 2.07. The van der Waals surface area contributed by atoms with E-state index in [1.54, 1.807) is 0 Å². The summed E-state index contributed by atoms with van der Waals surface area (Å²) in [6.45, 7) is 4.27. The molecule has 2 atom stereocenters. The van der Waals surface area contributed by atoms with E-state index in [2.05, 4.69) is 13.8 Å². The van der Waals surface area contributed by atoms with E-state index < -0.39 is 0 Å². The van der Waals surface area contributed by atoms with Gasteiger partial charge in [0.15, 0.2) is 0 Å². The van der Waals surface area contributed by atoms with Crippen LogP contribution in [0.1, 0.15) is 52.4 Å². The van der Waals surface area contributed by atoms with E-state index in [1.165, 1.54) is 38.5 Å². The van der Waals surface area contributed by atoms with E-state index in [9.17, 15) is 4.79 Å². The van der Waals surface area contributed by atoms with Gasteiger partial charge in [0.2, 0.25) is 0 Å². The molecule has 2 fully saturated rings. The molecule has 0 saturated heterocycles. The number of rotatable bonds is 0. The minimum atomic E-state index is 0.0159. The minimum Gasteiger partial charge on any atom is -0.299 e. The van der Waals surface area contributed by atoms with Crippen LogP contribution < -0.4 is 0 Å².